The number of Topliss-reactive ketones (excluding diaryl/α,β-unsaturated/α-hetero) is 1. The van der Waals surface area contributed by atoms with E-state index in [9.17, 15) is 14.7 Å². The number of phenols is 1. The van der Waals surface area contributed by atoms with Crippen LogP contribution in [0, 0.1) is 6.92 Å². The first kappa shape index (κ1) is 21.7. The Labute approximate surface area is 175 Å². The topological polar surface area (TPSA) is 113 Å². The van der Waals surface area contributed by atoms with E-state index in [1.54, 1.807) is 31.2 Å². The number of methoxy groups -OCH3 is 1. The number of halogens is 1. The zero-order valence-electron chi connectivity index (χ0n) is 15.1. The SMILES string of the molecule is COc1cccc(/C=C2\S/C(=N/Nc3nc(C)c(C(C)=O)s3)NC2=O)c1O.Cl. The molecule has 1 saturated heterocycles. The number of para-hydroxylation sites is 1. The molecular weight excluding hydrogens is 424 g/mol. The van der Waals surface area contributed by atoms with Crippen LogP contribution >= 0.6 is 35.5 Å². The van der Waals surface area contributed by atoms with Crippen LogP contribution in [-0.2, 0) is 4.79 Å². The number of carbonyl (C=O) groups excluding carboxylic acids is 2. The average Bonchev–Trinajstić information content (AvgIpc) is 3.17. The van der Waals surface area contributed by atoms with Crippen molar-refractivity contribution >= 4 is 63.6 Å². The molecule has 1 aromatic heterocycles. The maximum Gasteiger partial charge on any atom is 0.264 e. The summed E-state index contributed by atoms with van der Waals surface area (Å²) in [4.78, 5) is 28.8. The van der Waals surface area contributed by atoms with Gasteiger partial charge in [-0.05, 0) is 30.8 Å². The zero-order chi connectivity index (χ0) is 19.6. The quantitative estimate of drug-likeness (QED) is 0.371. The summed E-state index contributed by atoms with van der Waals surface area (Å²) in [6, 6.07) is 5.02. The van der Waals surface area contributed by atoms with Crippen LogP contribution in [0.5, 0.6) is 11.5 Å². The number of thioether (sulfide) groups is 1. The summed E-state index contributed by atoms with van der Waals surface area (Å²) in [6.45, 7) is 3.23. The molecule has 0 atom stereocenters. The van der Waals surface area contributed by atoms with Crippen molar-refractivity contribution in [2.75, 3.05) is 12.5 Å². The number of aromatic nitrogens is 1. The number of nitrogens with zero attached hydrogens (tertiary/aromatic N) is 2. The summed E-state index contributed by atoms with van der Waals surface area (Å²) in [5.74, 6) is -0.108. The van der Waals surface area contributed by atoms with Crippen molar-refractivity contribution in [1.29, 1.82) is 0 Å². The van der Waals surface area contributed by atoms with Crippen molar-refractivity contribution in [2.45, 2.75) is 13.8 Å². The van der Waals surface area contributed by atoms with E-state index in [2.05, 4.69) is 20.8 Å². The van der Waals surface area contributed by atoms with Crippen molar-refractivity contribution in [3.8, 4) is 11.5 Å². The largest absolute Gasteiger partial charge is 0.504 e. The summed E-state index contributed by atoms with van der Waals surface area (Å²) in [5.41, 5.74) is 3.84. The third kappa shape index (κ3) is 4.64. The molecule has 1 fully saturated rings. The molecular formula is C17H17ClN4O4S2. The summed E-state index contributed by atoms with van der Waals surface area (Å²) >= 11 is 2.32. The molecule has 1 aliphatic heterocycles. The Morgan fingerprint density at radius 2 is 2.18 bits per heavy atom. The van der Waals surface area contributed by atoms with Crippen LogP contribution < -0.4 is 15.5 Å². The summed E-state index contributed by atoms with van der Waals surface area (Å²) in [6.07, 6.45) is 1.56. The maximum absolute atomic E-state index is 12.1. The Balaban J connectivity index is 0.00000280. The molecule has 0 radical (unpaired) electrons. The molecule has 0 saturated carbocycles. The molecule has 11 heteroatoms. The van der Waals surface area contributed by atoms with E-state index in [1.165, 1.54) is 25.4 Å². The fraction of sp³-hybridized carbons (Fsp3) is 0.176. The second-order valence-corrected chi connectivity index (χ2v) is 7.51. The Kier molecular flexibility index (Phi) is 7.05. The van der Waals surface area contributed by atoms with E-state index >= 15 is 0 Å². The van der Waals surface area contributed by atoms with Crippen LogP contribution in [0.4, 0.5) is 5.13 Å². The van der Waals surface area contributed by atoms with Gasteiger partial charge < -0.3 is 9.84 Å². The number of thiazole rings is 1. The van der Waals surface area contributed by atoms with Gasteiger partial charge in [-0.2, -0.15) is 0 Å². The number of anilines is 1. The van der Waals surface area contributed by atoms with Crippen LogP contribution in [0.2, 0.25) is 0 Å². The molecule has 8 nitrogen and oxygen atoms in total. The van der Waals surface area contributed by atoms with E-state index in [1.807, 2.05) is 0 Å². The number of ketones is 1. The Morgan fingerprint density at radius 3 is 2.82 bits per heavy atom. The molecule has 28 heavy (non-hydrogen) atoms. The first-order valence-corrected chi connectivity index (χ1v) is 9.41. The lowest BCUT2D eigenvalue weighted by Gasteiger charge is -2.05. The predicted octanol–water partition coefficient (Wildman–Crippen LogP) is 3.38. The number of hydrogen-bond acceptors (Lipinski definition) is 9. The fourth-order valence-corrected chi connectivity index (χ4v) is 3.89. The van der Waals surface area contributed by atoms with Gasteiger partial charge in [0.15, 0.2) is 22.4 Å². The third-order valence-electron chi connectivity index (χ3n) is 3.56. The minimum atomic E-state index is -0.331. The Morgan fingerprint density at radius 1 is 1.43 bits per heavy atom. The minimum absolute atomic E-state index is 0. The standard InChI is InChI=1S/C17H16N4O4S2.ClH/c1-8-14(9(2)22)27-16(18-8)20-21-17-19-15(24)12(26-17)7-10-5-4-6-11(25-3)13(10)23;/h4-7,23H,1-3H3,(H,18,20)(H,19,21,24);1H/b12-7-;. The summed E-state index contributed by atoms with van der Waals surface area (Å²) in [7, 11) is 1.46. The highest BCUT2D eigenvalue weighted by molar-refractivity contribution is 8.18. The molecule has 3 N–H and O–H groups in total. The molecule has 0 unspecified atom stereocenters. The maximum atomic E-state index is 12.1. The Hall–Kier alpha value is -2.56. The molecule has 0 bridgehead atoms. The van der Waals surface area contributed by atoms with Crippen molar-refractivity contribution in [1.82, 2.24) is 10.3 Å². The molecule has 2 aromatic rings. The first-order valence-electron chi connectivity index (χ1n) is 7.78. The van der Waals surface area contributed by atoms with Gasteiger partial charge in [0.1, 0.15) is 0 Å². The number of amidine groups is 1. The Bertz CT molecular complexity index is 988. The van der Waals surface area contributed by atoms with Gasteiger partial charge in [-0.1, -0.05) is 23.5 Å². The van der Waals surface area contributed by atoms with Crippen LogP contribution in [0.15, 0.2) is 28.2 Å². The number of hydrazone groups is 1. The van der Waals surface area contributed by atoms with E-state index in [0.29, 0.717) is 37.1 Å². The van der Waals surface area contributed by atoms with Gasteiger partial charge in [-0.25, -0.2) is 4.98 Å². The van der Waals surface area contributed by atoms with Crippen molar-refractivity contribution in [3.05, 3.63) is 39.2 Å². The van der Waals surface area contributed by atoms with Crippen LogP contribution in [0.1, 0.15) is 27.9 Å². The molecule has 0 aliphatic carbocycles. The van der Waals surface area contributed by atoms with E-state index in [0.717, 1.165) is 11.8 Å². The van der Waals surface area contributed by atoms with Gasteiger partial charge in [-0.3, -0.25) is 20.3 Å². The predicted molar refractivity (Wildman–Crippen MR) is 114 cm³/mol. The zero-order valence-corrected chi connectivity index (χ0v) is 17.6. The summed E-state index contributed by atoms with van der Waals surface area (Å²) in [5, 5.41) is 17.7. The smallest absolute Gasteiger partial charge is 0.264 e. The van der Waals surface area contributed by atoms with Gasteiger partial charge >= 0.3 is 0 Å². The number of nitrogens with one attached hydrogen (secondary N) is 2. The van der Waals surface area contributed by atoms with Crippen LogP contribution in [-0.4, -0.2) is 34.1 Å². The molecule has 3 rings (SSSR count). The normalized spacial score (nSPS) is 16.0. The average molecular weight is 441 g/mol. The number of phenolic OH excluding ortho intramolecular Hbond substituents is 1. The molecule has 1 amide bonds. The highest BCUT2D eigenvalue weighted by atomic mass is 35.5. The van der Waals surface area contributed by atoms with E-state index in [-0.39, 0.29) is 29.8 Å². The monoisotopic (exact) mass is 440 g/mol. The molecule has 1 aliphatic rings. The number of hydrogen-bond donors (Lipinski definition) is 3. The molecule has 148 valence electrons. The van der Waals surface area contributed by atoms with Gasteiger partial charge in [-0.15, -0.1) is 17.5 Å². The number of benzene rings is 1. The molecule has 1 aromatic carbocycles. The van der Waals surface area contributed by atoms with Crippen molar-refractivity contribution in [3.63, 3.8) is 0 Å². The lowest BCUT2D eigenvalue weighted by atomic mass is 10.1. The number of aryl methyl sites for hydroxylation is 1. The number of aromatic hydroxyl groups is 1. The van der Waals surface area contributed by atoms with Crippen molar-refractivity contribution in [2.24, 2.45) is 5.10 Å². The summed E-state index contributed by atoms with van der Waals surface area (Å²) < 4.78 is 5.06. The second kappa shape index (κ2) is 9.09. The van der Waals surface area contributed by atoms with Gasteiger partial charge in [0, 0.05) is 12.5 Å². The fourth-order valence-electron chi connectivity index (χ4n) is 2.31. The van der Waals surface area contributed by atoms with Crippen LogP contribution in [0.3, 0.4) is 0 Å². The lowest BCUT2D eigenvalue weighted by molar-refractivity contribution is -0.115. The lowest BCUT2D eigenvalue weighted by Crippen LogP contribution is -2.20. The first-order chi connectivity index (χ1) is 12.9. The van der Waals surface area contributed by atoms with Crippen molar-refractivity contribution < 1.29 is 19.4 Å². The second-order valence-electron chi connectivity index (χ2n) is 5.48. The van der Waals surface area contributed by atoms with Gasteiger partial charge in [0.25, 0.3) is 5.91 Å². The van der Waals surface area contributed by atoms with Gasteiger partial charge in [0.2, 0.25) is 5.13 Å². The highest BCUT2D eigenvalue weighted by Gasteiger charge is 2.25. The number of ether oxygens (including phenoxy) is 1. The van der Waals surface area contributed by atoms with Crippen LogP contribution in [0.25, 0.3) is 6.08 Å². The number of amides is 1. The van der Waals surface area contributed by atoms with Gasteiger partial charge in [0.05, 0.1) is 22.6 Å². The third-order valence-corrected chi connectivity index (χ3v) is 5.63. The number of rotatable bonds is 5. The van der Waals surface area contributed by atoms with E-state index in [4.69, 9.17) is 4.74 Å². The van der Waals surface area contributed by atoms with E-state index < -0.39 is 0 Å². The number of carbonyl (C=O) groups is 2. The molecule has 0 spiro atoms. The minimum Gasteiger partial charge on any atom is -0.504 e. The molecule has 2 heterocycles. The highest BCUT2D eigenvalue weighted by Crippen LogP contribution is 2.34.